The molecule has 1 fully saturated rings. The number of urea groups is 1. The number of anilines is 1. The highest BCUT2D eigenvalue weighted by atomic mass is 32.1. The number of carbonyl (C=O) groups excluding carboxylic acids is 1. The molecule has 2 aromatic rings. The largest absolute Gasteiger partial charge is 0.348 e. The van der Waals surface area contributed by atoms with Gasteiger partial charge in [0.25, 0.3) is 0 Å². The van der Waals surface area contributed by atoms with E-state index in [4.69, 9.17) is 0 Å². The molecular weight excluding hydrogens is 312 g/mol. The smallest absolute Gasteiger partial charge is 0.315 e. The minimum Gasteiger partial charge on any atom is -0.348 e. The van der Waals surface area contributed by atoms with Gasteiger partial charge in [0.15, 0.2) is 5.13 Å². The summed E-state index contributed by atoms with van der Waals surface area (Å²) in [5.41, 5.74) is 1.04. The summed E-state index contributed by atoms with van der Waals surface area (Å²) in [5.74, 6) is 0.829. The van der Waals surface area contributed by atoms with Gasteiger partial charge in [0, 0.05) is 50.9 Å². The Morgan fingerprint density at radius 2 is 2.17 bits per heavy atom. The number of rotatable bonds is 6. The lowest BCUT2D eigenvalue weighted by molar-refractivity contribution is 0.240. The summed E-state index contributed by atoms with van der Waals surface area (Å²) in [5, 5.41) is 8.85. The van der Waals surface area contributed by atoms with Crippen LogP contribution in [0.25, 0.3) is 0 Å². The van der Waals surface area contributed by atoms with Crippen molar-refractivity contribution >= 4 is 22.5 Å². The van der Waals surface area contributed by atoms with E-state index in [0.29, 0.717) is 13.1 Å². The van der Waals surface area contributed by atoms with Crippen molar-refractivity contribution in [1.29, 1.82) is 0 Å². The highest BCUT2D eigenvalue weighted by Gasteiger charge is 2.15. The Morgan fingerprint density at radius 1 is 1.35 bits per heavy atom. The van der Waals surface area contributed by atoms with Gasteiger partial charge in [-0.3, -0.25) is 0 Å². The quantitative estimate of drug-likeness (QED) is 0.840. The SMILES string of the molecule is Cn1ccnc1CNC(=O)NCCc1csc(N2CCCC2)n1. The third-order valence-electron chi connectivity index (χ3n) is 3.91. The van der Waals surface area contributed by atoms with E-state index in [1.807, 2.05) is 17.8 Å². The van der Waals surface area contributed by atoms with Gasteiger partial charge in [-0.15, -0.1) is 11.3 Å². The third kappa shape index (κ3) is 4.22. The monoisotopic (exact) mass is 334 g/mol. The second kappa shape index (κ2) is 7.45. The van der Waals surface area contributed by atoms with Crippen molar-refractivity contribution < 1.29 is 4.79 Å². The van der Waals surface area contributed by atoms with Crippen molar-refractivity contribution in [2.75, 3.05) is 24.5 Å². The van der Waals surface area contributed by atoms with Crippen LogP contribution in [0.3, 0.4) is 0 Å². The summed E-state index contributed by atoms with van der Waals surface area (Å²) in [6, 6.07) is -0.178. The Balaban J connectivity index is 1.37. The second-order valence-corrected chi connectivity index (χ2v) is 6.47. The molecule has 124 valence electrons. The second-order valence-electron chi connectivity index (χ2n) is 5.63. The first-order valence-electron chi connectivity index (χ1n) is 7.89. The lowest BCUT2D eigenvalue weighted by Crippen LogP contribution is -2.36. The predicted octanol–water partition coefficient (Wildman–Crippen LogP) is 1.52. The molecule has 2 N–H and O–H groups in total. The van der Waals surface area contributed by atoms with E-state index in [1.54, 1.807) is 17.5 Å². The maximum atomic E-state index is 11.8. The summed E-state index contributed by atoms with van der Waals surface area (Å²) in [7, 11) is 1.90. The van der Waals surface area contributed by atoms with Gasteiger partial charge in [-0.2, -0.15) is 0 Å². The van der Waals surface area contributed by atoms with E-state index in [-0.39, 0.29) is 6.03 Å². The lowest BCUT2D eigenvalue weighted by atomic mass is 10.3. The zero-order valence-electron chi connectivity index (χ0n) is 13.3. The van der Waals surface area contributed by atoms with E-state index in [2.05, 4.69) is 30.9 Å². The van der Waals surface area contributed by atoms with Gasteiger partial charge < -0.3 is 20.1 Å². The summed E-state index contributed by atoms with van der Waals surface area (Å²) in [6.45, 7) is 3.22. The molecule has 0 atom stereocenters. The molecule has 0 aromatic carbocycles. The maximum Gasteiger partial charge on any atom is 0.315 e. The van der Waals surface area contributed by atoms with Crippen LogP contribution in [0.2, 0.25) is 0 Å². The van der Waals surface area contributed by atoms with Crippen LogP contribution < -0.4 is 15.5 Å². The summed E-state index contributed by atoms with van der Waals surface area (Å²) < 4.78 is 1.88. The molecule has 0 spiro atoms. The molecule has 3 heterocycles. The highest BCUT2D eigenvalue weighted by molar-refractivity contribution is 7.13. The van der Waals surface area contributed by atoms with Crippen LogP contribution >= 0.6 is 11.3 Å². The number of aromatic nitrogens is 3. The molecule has 8 heteroatoms. The van der Waals surface area contributed by atoms with Gasteiger partial charge in [0.1, 0.15) is 5.82 Å². The summed E-state index contributed by atoms with van der Waals surface area (Å²) >= 11 is 1.69. The number of hydrogen-bond acceptors (Lipinski definition) is 5. The van der Waals surface area contributed by atoms with Gasteiger partial charge in [-0.1, -0.05) is 0 Å². The van der Waals surface area contributed by atoms with Crippen molar-refractivity contribution in [1.82, 2.24) is 25.2 Å². The average molecular weight is 334 g/mol. The number of hydrogen-bond donors (Lipinski definition) is 2. The Bertz CT molecular complexity index is 646. The van der Waals surface area contributed by atoms with Crippen molar-refractivity contribution in [2.45, 2.75) is 25.8 Å². The van der Waals surface area contributed by atoms with Crippen molar-refractivity contribution in [3.63, 3.8) is 0 Å². The summed E-state index contributed by atoms with van der Waals surface area (Å²) in [4.78, 5) is 22.9. The fraction of sp³-hybridized carbons (Fsp3) is 0.533. The first-order valence-corrected chi connectivity index (χ1v) is 8.77. The minimum atomic E-state index is -0.178. The molecular formula is C15H22N6OS. The first-order chi connectivity index (χ1) is 11.2. The number of imidazole rings is 1. The Hall–Kier alpha value is -2.09. The van der Waals surface area contributed by atoms with Crippen molar-refractivity contribution in [3.05, 3.63) is 29.3 Å². The van der Waals surface area contributed by atoms with E-state index in [1.165, 1.54) is 12.8 Å². The topological polar surface area (TPSA) is 75.1 Å². The number of nitrogens with zero attached hydrogens (tertiary/aromatic N) is 4. The zero-order valence-corrected chi connectivity index (χ0v) is 14.1. The van der Waals surface area contributed by atoms with Crippen LogP contribution in [0, 0.1) is 0 Å². The molecule has 0 bridgehead atoms. The normalized spacial score (nSPS) is 14.2. The first kappa shape index (κ1) is 15.8. The number of aryl methyl sites for hydroxylation is 1. The molecule has 0 aliphatic carbocycles. The van der Waals surface area contributed by atoms with Crippen LogP contribution in [0.4, 0.5) is 9.93 Å². The average Bonchev–Trinajstić information content (AvgIpc) is 3.26. The number of nitrogens with one attached hydrogen (secondary N) is 2. The standard InChI is InChI=1S/C15H22N6OS/c1-20-9-6-16-13(20)10-18-14(22)17-5-4-12-11-23-15(19-12)21-7-2-3-8-21/h6,9,11H,2-5,7-8,10H2,1H3,(H2,17,18,22). The van der Waals surface area contributed by atoms with E-state index < -0.39 is 0 Å². The molecule has 23 heavy (non-hydrogen) atoms. The van der Waals surface area contributed by atoms with E-state index in [9.17, 15) is 4.79 Å². The fourth-order valence-electron chi connectivity index (χ4n) is 2.56. The van der Waals surface area contributed by atoms with Gasteiger partial charge in [-0.05, 0) is 12.8 Å². The molecule has 1 saturated heterocycles. The number of carbonyl (C=O) groups is 1. The third-order valence-corrected chi connectivity index (χ3v) is 4.86. The van der Waals surface area contributed by atoms with Gasteiger partial charge in [0.05, 0.1) is 12.2 Å². The van der Waals surface area contributed by atoms with Crippen LogP contribution in [-0.2, 0) is 20.0 Å². The molecule has 3 rings (SSSR count). The molecule has 0 unspecified atom stereocenters. The van der Waals surface area contributed by atoms with Crippen LogP contribution in [0.5, 0.6) is 0 Å². The Kier molecular flexibility index (Phi) is 5.12. The maximum absolute atomic E-state index is 11.8. The Labute approximate surface area is 139 Å². The molecule has 0 saturated carbocycles. The zero-order chi connectivity index (χ0) is 16.1. The molecule has 1 aliphatic heterocycles. The van der Waals surface area contributed by atoms with Crippen molar-refractivity contribution in [3.8, 4) is 0 Å². The van der Waals surface area contributed by atoms with Crippen LogP contribution in [-0.4, -0.2) is 40.2 Å². The molecule has 2 amide bonds. The molecule has 1 aliphatic rings. The fourth-order valence-corrected chi connectivity index (χ4v) is 3.47. The molecule has 2 aromatic heterocycles. The van der Waals surface area contributed by atoms with Gasteiger partial charge in [-0.25, -0.2) is 14.8 Å². The Morgan fingerprint density at radius 3 is 2.91 bits per heavy atom. The number of thiazole rings is 1. The molecule has 0 radical (unpaired) electrons. The predicted molar refractivity (Wildman–Crippen MR) is 90.7 cm³/mol. The van der Waals surface area contributed by atoms with Crippen LogP contribution in [0.15, 0.2) is 17.8 Å². The lowest BCUT2D eigenvalue weighted by Gasteiger charge is -2.12. The molecule has 7 nitrogen and oxygen atoms in total. The van der Waals surface area contributed by atoms with E-state index >= 15 is 0 Å². The van der Waals surface area contributed by atoms with E-state index in [0.717, 1.165) is 36.2 Å². The van der Waals surface area contributed by atoms with Gasteiger partial charge in [0.2, 0.25) is 0 Å². The van der Waals surface area contributed by atoms with Gasteiger partial charge >= 0.3 is 6.03 Å². The van der Waals surface area contributed by atoms with Crippen LogP contribution in [0.1, 0.15) is 24.4 Å². The van der Waals surface area contributed by atoms with Crippen molar-refractivity contribution in [2.24, 2.45) is 7.05 Å². The minimum absolute atomic E-state index is 0.178. The highest BCUT2D eigenvalue weighted by Crippen LogP contribution is 2.24. The number of amides is 2. The summed E-state index contributed by atoms with van der Waals surface area (Å²) in [6.07, 6.45) is 6.84.